The van der Waals surface area contributed by atoms with Crippen LogP contribution < -0.4 is 0 Å². The van der Waals surface area contributed by atoms with Gasteiger partial charge in [-0.3, -0.25) is 4.79 Å². The van der Waals surface area contributed by atoms with E-state index in [1.165, 1.54) is 6.07 Å². The molecule has 5 heteroatoms. The Labute approximate surface area is 83.9 Å². The fourth-order valence-corrected chi connectivity index (χ4v) is 1.30. The molecule has 0 unspecified atom stereocenters. The Morgan fingerprint density at radius 1 is 1.46 bits per heavy atom. The zero-order valence-corrected chi connectivity index (χ0v) is 7.86. The second-order valence-electron chi connectivity index (χ2n) is 2.43. The monoisotopic (exact) mass is 222 g/mol. The van der Waals surface area contributed by atoms with Crippen LogP contribution in [0.5, 0.6) is 0 Å². The van der Waals surface area contributed by atoms with Crippen LogP contribution in [0.4, 0.5) is 4.39 Å². The number of carboxylic acid groups (broad SMARTS) is 1. The highest BCUT2D eigenvalue weighted by molar-refractivity contribution is 6.33. The smallest absolute Gasteiger partial charge is 0.307 e. The third-order valence-electron chi connectivity index (χ3n) is 1.41. The minimum Gasteiger partial charge on any atom is -0.481 e. The molecule has 0 amide bonds. The third-order valence-corrected chi connectivity index (χ3v) is 2.05. The Morgan fingerprint density at radius 3 is 2.62 bits per heavy atom. The highest BCUT2D eigenvalue weighted by atomic mass is 35.5. The molecular weight excluding hydrogens is 218 g/mol. The van der Waals surface area contributed by atoms with Gasteiger partial charge in [0, 0.05) is 5.02 Å². The van der Waals surface area contributed by atoms with Crippen molar-refractivity contribution >= 4 is 29.2 Å². The lowest BCUT2D eigenvalue weighted by Crippen LogP contribution is -2.01. The van der Waals surface area contributed by atoms with Gasteiger partial charge < -0.3 is 5.11 Å². The molecule has 70 valence electrons. The molecule has 0 spiro atoms. The molecule has 0 saturated heterocycles. The Balaban J connectivity index is 3.12. The molecule has 0 aliphatic rings. The maximum Gasteiger partial charge on any atom is 0.307 e. The van der Waals surface area contributed by atoms with E-state index in [0.717, 1.165) is 6.07 Å². The quantitative estimate of drug-likeness (QED) is 0.782. The first-order chi connectivity index (χ1) is 6.00. The fraction of sp³-hybridized carbons (Fsp3) is 0.125. The van der Waals surface area contributed by atoms with Crippen LogP contribution in [0, 0.1) is 5.82 Å². The number of carbonyl (C=O) groups is 1. The van der Waals surface area contributed by atoms with Crippen molar-refractivity contribution in [3.05, 3.63) is 33.6 Å². The van der Waals surface area contributed by atoms with Crippen LogP contribution in [0.1, 0.15) is 5.56 Å². The Bertz CT molecular complexity index is 352. The molecule has 0 saturated carbocycles. The van der Waals surface area contributed by atoms with E-state index < -0.39 is 11.8 Å². The van der Waals surface area contributed by atoms with E-state index >= 15 is 0 Å². The van der Waals surface area contributed by atoms with Crippen molar-refractivity contribution in [1.29, 1.82) is 0 Å². The van der Waals surface area contributed by atoms with Crippen LogP contribution >= 0.6 is 23.2 Å². The molecule has 0 aromatic heterocycles. The Morgan fingerprint density at radius 2 is 2.08 bits per heavy atom. The molecule has 0 fully saturated rings. The molecule has 1 rings (SSSR count). The number of hydrogen-bond donors (Lipinski definition) is 1. The minimum atomic E-state index is -1.08. The molecule has 2 nitrogen and oxygen atoms in total. The summed E-state index contributed by atoms with van der Waals surface area (Å²) in [6, 6.07) is 2.37. The lowest BCUT2D eigenvalue weighted by molar-refractivity contribution is -0.136. The van der Waals surface area contributed by atoms with E-state index in [1.54, 1.807) is 0 Å². The first kappa shape index (κ1) is 10.3. The van der Waals surface area contributed by atoms with Crippen molar-refractivity contribution in [3.8, 4) is 0 Å². The first-order valence-corrected chi connectivity index (χ1v) is 4.11. The summed E-state index contributed by atoms with van der Waals surface area (Å²) in [4.78, 5) is 10.3. The molecule has 0 atom stereocenters. The van der Waals surface area contributed by atoms with E-state index in [-0.39, 0.29) is 22.0 Å². The van der Waals surface area contributed by atoms with E-state index in [0.29, 0.717) is 0 Å². The van der Waals surface area contributed by atoms with Gasteiger partial charge in [-0.25, -0.2) is 4.39 Å². The predicted octanol–water partition coefficient (Wildman–Crippen LogP) is 2.76. The van der Waals surface area contributed by atoms with Crippen molar-refractivity contribution in [1.82, 2.24) is 0 Å². The van der Waals surface area contributed by atoms with Gasteiger partial charge in [0.2, 0.25) is 0 Å². The predicted molar refractivity (Wildman–Crippen MR) is 47.8 cm³/mol. The standard InChI is InChI=1S/C8H5Cl2FO2/c9-5-1-4(2-7(12)13)8(10)6(11)3-5/h1,3H,2H2,(H,12,13). The highest BCUT2D eigenvalue weighted by Gasteiger charge is 2.10. The van der Waals surface area contributed by atoms with Gasteiger partial charge in [0.1, 0.15) is 5.82 Å². The summed E-state index contributed by atoms with van der Waals surface area (Å²) < 4.78 is 12.9. The molecule has 0 aliphatic heterocycles. The Kier molecular flexibility index (Phi) is 3.12. The number of hydrogen-bond acceptors (Lipinski definition) is 1. The second kappa shape index (κ2) is 3.94. The maximum absolute atomic E-state index is 12.9. The zero-order valence-electron chi connectivity index (χ0n) is 6.35. The molecular formula is C8H5Cl2FO2. The molecule has 13 heavy (non-hydrogen) atoms. The normalized spacial score (nSPS) is 10.1. The van der Waals surface area contributed by atoms with Crippen LogP contribution in [0.2, 0.25) is 10.0 Å². The fourth-order valence-electron chi connectivity index (χ4n) is 0.901. The van der Waals surface area contributed by atoms with Crippen LogP contribution in [0.3, 0.4) is 0 Å². The largest absolute Gasteiger partial charge is 0.481 e. The topological polar surface area (TPSA) is 37.3 Å². The van der Waals surface area contributed by atoms with Crippen LogP contribution in [0.15, 0.2) is 12.1 Å². The molecule has 0 aliphatic carbocycles. The summed E-state index contributed by atoms with van der Waals surface area (Å²) >= 11 is 11.0. The van der Waals surface area contributed by atoms with E-state index in [4.69, 9.17) is 28.3 Å². The van der Waals surface area contributed by atoms with Gasteiger partial charge in [-0.15, -0.1) is 0 Å². The summed E-state index contributed by atoms with van der Waals surface area (Å²) in [6.07, 6.45) is -0.337. The summed E-state index contributed by atoms with van der Waals surface area (Å²) in [5.41, 5.74) is 0.180. The lowest BCUT2D eigenvalue weighted by Gasteiger charge is -2.02. The molecule has 0 bridgehead atoms. The van der Waals surface area contributed by atoms with Crippen molar-refractivity contribution < 1.29 is 14.3 Å². The molecule has 0 radical (unpaired) electrons. The van der Waals surface area contributed by atoms with Crippen LogP contribution in [-0.2, 0) is 11.2 Å². The van der Waals surface area contributed by atoms with Crippen molar-refractivity contribution in [2.24, 2.45) is 0 Å². The summed E-state index contributed by atoms with van der Waals surface area (Å²) in [6.45, 7) is 0. The highest BCUT2D eigenvalue weighted by Crippen LogP contribution is 2.24. The van der Waals surface area contributed by atoms with Gasteiger partial charge in [0.25, 0.3) is 0 Å². The third kappa shape index (κ3) is 2.57. The molecule has 1 aromatic carbocycles. The summed E-state index contributed by atoms with van der Waals surface area (Å²) in [7, 11) is 0. The van der Waals surface area contributed by atoms with Gasteiger partial charge in [0.05, 0.1) is 11.4 Å². The minimum absolute atomic E-state index is 0.137. The van der Waals surface area contributed by atoms with Gasteiger partial charge >= 0.3 is 5.97 Å². The average Bonchev–Trinajstić information content (AvgIpc) is 1.98. The zero-order chi connectivity index (χ0) is 10.0. The first-order valence-electron chi connectivity index (χ1n) is 3.36. The van der Waals surface area contributed by atoms with Crippen molar-refractivity contribution in [3.63, 3.8) is 0 Å². The average molecular weight is 223 g/mol. The van der Waals surface area contributed by atoms with E-state index in [1.807, 2.05) is 0 Å². The number of halogens is 3. The van der Waals surface area contributed by atoms with Gasteiger partial charge in [0.15, 0.2) is 0 Å². The van der Waals surface area contributed by atoms with Gasteiger partial charge in [-0.05, 0) is 17.7 Å². The van der Waals surface area contributed by atoms with E-state index in [9.17, 15) is 9.18 Å². The van der Waals surface area contributed by atoms with Crippen LogP contribution in [0.25, 0.3) is 0 Å². The summed E-state index contributed by atoms with van der Waals surface area (Å²) in [5, 5.41) is 8.40. The van der Waals surface area contributed by atoms with Crippen molar-refractivity contribution in [2.45, 2.75) is 6.42 Å². The molecule has 1 N–H and O–H groups in total. The summed E-state index contributed by atoms with van der Waals surface area (Å²) in [5.74, 6) is -1.78. The van der Waals surface area contributed by atoms with Gasteiger partial charge in [-0.1, -0.05) is 23.2 Å². The molecule has 1 aromatic rings. The van der Waals surface area contributed by atoms with Crippen molar-refractivity contribution in [2.75, 3.05) is 0 Å². The lowest BCUT2D eigenvalue weighted by atomic mass is 10.1. The SMILES string of the molecule is O=C(O)Cc1cc(Cl)cc(F)c1Cl. The molecule has 0 heterocycles. The number of carboxylic acids is 1. The Hall–Kier alpha value is -0.800. The van der Waals surface area contributed by atoms with Gasteiger partial charge in [-0.2, -0.15) is 0 Å². The van der Waals surface area contributed by atoms with E-state index in [2.05, 4.69) is 0 Å². The maximum atomic E-state index is 12.9. The number of rotatable bonds is 2. The van der Waals surface area contributed by atoms with Crippen LogP contribution in [-0.4, -0.2) is 11.1 Å². The second-order valence-corrected chi connectivity index (χ2v) is 3.25. The number of benzene rings is 1. The number of aliphatic carboxylic acids is 1.